The van der Waals surface area contributed by atoms with Crippen molar-refractivity contribution in [3.8, 4) is 0 Å². The van der Waals surface area contributed by atoms with E-state index in [0.717, 1.165) is 87.3 Å². The molecule has 206 valence electrons. The van der Waals surface area contributed by atoms with Crippen molar-refractivity contribution in [2.24, 2.45) is 17.8 Å². The van der Waals surface area contributed by atoms with E-state index in [1.165, 1.54) is 0 Å². The molecule has 1 aliphatic heterocycles. The van der Waals surface area contributed by atoms with Gasteiger partial charge in [0.15, 0.2) is 0 Å². The molecule has 8 heteroatoms. The summed E-state index contributed by atoms with van der Waals surface area (Å²) in [5.74, 6) is 2.28. The van der Waals surface area contributed by atoms with Crippen molar-refractivity contribution in [1.29, 1.82) is 0 Å². The molecule has 1 aromatic heterocycles. The number of carbonyl (C=O) groups is 2. The highest BCUT2D eigenvalue weighted by atomic mass is 32.2. The highest BCUT2D eigenvalue weighted by Crippen LogP contribution is 2.48. The molecule has 1 saturated heterocycles. The fraction of sp³-hybridized carbons (Fsp3) is 0.759. The molecule has 5 atom stereocenters. The molecular weight excluding hydrogens is 486 g/mol. The third-order valence-electron chi connectivity index (χ3n) is 8.98. The van der Waals surface area contributed by atoms with Crippen LogP contribution >= 0.6 is 11.8 Å². The van der Waals surface area contributed by atoms with Crippen LogP contribution in [0.5, 0.6) is 0 Å². The predicted molar refractivity (Wildman–Crippen MR) is 148 cm³/mol. The van der Waals surface area contributed by atoms with E-state index in [1.807, 2.05) is 24.1 Å². The number of amides is 1. The zero-order valence-corrected chi connectivity index (χ0v) is 23.6. The molecule has 2 heterocycles. The molecule has 1 aromatic rings. The summed E-state index contributed by atoms with van der Waals surface area (Å²) >= 11 is 1.63. The number of aliphatic hydroxyl groups is 1. The Morgan fingerprint density at radius 3 is 2.73 bits per heavy atom. The van der Waals surface area contributed by atoms with Gasteiger partial charge in [-0.05, 0) is 93.4 Å². The van der Waals surface area contributed by atoms with Crippen LogP contribution < -0.4 is 4.90 Å². The topological polar surface area (TPSA) is 94.0 Å². The van der Waals surface area contributed by atoms with Crippen molar-refractivity contribution < 1.29 is 19.8 Å². The van der Waals surface area contributed by atoms with E-state index in [0.29, 0.717) is 23.9 Å². The number of aliphatic carboxylic acids is 1. The number of nitrogens with zero attached hydrogens (tertiary/aromatic N) is 3. The van der Waals surface area contributed by atoms with Crippen LogP contribution in [0, 0.1) is 17.8 Å². The summed E-state index contributed by atoms with van der Waals surface area (Å²) in [5, 5.41) is 21.2. The maximum atomic E-state index is 13.8. The lowest BCUT2D eigenvalue weighted by atomic mass is 9.84. The van der Waals surface area contributed by atoms with E-state index in [-0.39, 0.29) is 24.3 Å². The molecule has 0 spiro atoms. The van der Waals surface area contributed by atoms with Crippen molar-refractivity contribution in [2.45, 2.75) is 101 Å². The zero-order valence-electron chi connectivity index (χ0n) is 22.8. The summed E-state index contributed by atoms with van der Waals surface area (Å²) in [6.45, 7) is 5.91. The van der Waals surface area contributed by atoms with E-state index in [2.05, 4.69) is 18.7 Å². The van der Waals surface area contributed by atoms with Gasteiger partial charge in [0, 0.05) is 32.6 Å². The molecule has 2 saturated carbocycles. The first-order valence-corrected chi connectivity index (χ1v) is 15.3. The van der Waals surface area contributed by atoms with E-state index < -0.39 is 11.6 Å². The van der Waals surface area contributed by atoms with Crippen molar-refractivity contribution in [3.63, 3.8) is 0 Å². The second-order valence-electron chi connectivity index (χ2n) is 11.7. The highest BCUT2D eigenvalue weighted by molar-refractivity contribution is 7.99. The number of carboxylic acid groups (broad SMARTS) is 1. The lowest BCUT2D eigenvalue weighted by Gasteiger charge is -2.35. The normalized spacial score (nSPS) is 30.0. The Balaban J connectivity index is 1.50. The second kappa shape index (κ2) is 12.4. The van der Waals surface area contributed by atoms with E-state index in [4.69, 9.17) is 4.98 Å². The third kappa shape index (κ3) is 6.80. The van der Waals surface area contributed by atoms with Crippen LogP contribution in [0.25, 0.3) is 0 Å². The number of hydrogen-bond donors (Lipinski definition) is 2. The average Bonchev–Trinajstić information content (AvgIpc) is 3.23. The van der Waals surface area contributed by atoms with Crippen LogP contribution in [-0.4, -0.2) is 69.5 Å². The Labute approximate surface area is 226 Å². The van der Waals surface area contributed by atoms with Gasteiger partial charge in [-0.15, -0.1) is 11.8 Å². The summed E-state index contributed by atoms with van der Waals surface area (Å²) < 4.78 is 0. The minimum absolute atomic E-state index is 0.0111. The van der Waals surface area contributed by atoms with Crippen LogP contribution in [0.2, 0.25) is 0 Å². The number of thioether (sulfide) groups is 1. The number of carbonyl (C=O) groups excluding carboxylic acids is 1. The first-order chi connectivity index (χ1) is 17.7. The Hall–Kier alpha value is -1.80. The number of fused-ring (bicyclic) bond motifs is 2. The molecule has 7 nitrogen and oxygen atoms in total. The number of carboxylic acids is 1. The molecule has 3 aliphatic rings. The maximum Gasteiger partial charge on any atom is 0.303 e. The monoisotopic (exact) mass is 531 g/mol. The summed E-state index contributed by atoms with van der Waals surface area (Å²) in [4.78, 5) is 34.1. The SMILES string of the molecule is CCCSc1nc(N2CCC[C@@H](CC(=O)O)C2)ccc1C(=O)N(C)[C@@H]1CCC2C[C@](O)(CC1)CC2CC. The predicted octanol–water partition coefficient (Wildman–Crippen LogP) is 5.46. The van der Waals surface area contributed by atoms with Gasteiger partial charge >= 0.3 is 5.97 Å². The molecule has 2 unspecified atom stereocenters. The van der Waals surface area contributed by atoms with Gasteiger partial charge in [-0.1, -0.05) is 20.3 Å². The molecule has 37 heavy (non-hydrogen) atoms. The van der Waals surface area contributed by atoms with Gasteiger partial charge in [-0.3, -0.25) is 9.59 Å². The van der Waals surface area contributed by atoms with Crippen LogP contribution in [0.3, 0.4) is 0 Å². The Bertz CT molecular complexity index is 955. The van der Waals surface area contributed by atoms with Crippen LogP contribution in [0.15, 0.2) is 17.2 Å². The molecule has 0 radical (unpaired) electrons. The minimum Gasteiger partial charge on any atom is -0.481 e. The smallest absolute Gasteiger partial charge is 0.303 e. The third-order valence-corrected chi connectivity index (χ3v) is 10.2. The Morgan fingerprint density at radius 2 is 2.00 bits per heavy atom. The van der Waals surface area contributed by atoms with Gasteiger partial charge in [0.2, 0.25) is 0 Å². The molecule has 4 rings (SSSR count). The zero-order chi connectivity index (χ0) is 26.6. The minimum atomic E-state index is -0.748. The number of piperidine rings is 1. The van der Waals surface area contributed by atoms with E-state index >= 15 is 0 Å². The first kappa shape index (κ1) is 28.2. The maximum absolute atomic E-state index is 13.8. The summed E-state index contributed by atoms with van der Waals surface area (Å²) in [7, 11) is 1.92. The lowest BCUT2D eigenvalue weighted by Crippen LogP contribution is -2.40. The summed E-state index contributed by atoms with van der Waals surface area (Å²) in [6.07, 6.45) is 9.67. The summed E-state index contributed by atoms with van der Waals surface area (Å²) in [6, 6.07) is 3.99. The van der Waals surface area contributed by atoms with Crippen molar-refractivity contribution in [1.82, 2.24) is 9.88 Å². The number of anilines is 1. The molecule has 2 bridgehead atoms. The van der Waals surface area contributed by atoms with Crippen molar-refractivity contribution in [3.05, 3.63) is 17.7 Å². The average molecular weight is 532 g/mol. The number of pyridine rings is 1. The Morgan fingerprint density at radius 1 is 1.19 bits per heavy atom. The standard InChI is InChI=1S/C29H45N3O4S/c1-4-15-37-27-24(10-11-25(30-27)32-14-6-7-20(19-32)16-26(33)34)28(35)31(3)23-9-8-22-18-29(36,13-12-23)17-21(22)5-2/h10-11,20-23,36H,4-9,12-19H2,1-3H3,(H,33,34)/t20-,21?,22?,23+,29-/m0/s1. The molecule has 2 N–H and O–H groups in total. The van der Waals surface area contributed by atoms with Gasteiger partial charge in [0.25, 0.3) is 5.91 Å². The molecule has 2 aliphatic carbocycles. The van der Waals surface area contributed by atoms with Crippen LogP contribution in [0.1, 0.15) is 94.8 Å². The lowest BCUT2D eigenvalue weighted by molar-refractivity contribution is -0.138. The van der Waals surface area contributed by atoms with Gasteiger partial charge in [-0.2, -0.15) is 0 Å². The van der Waals surface area contributed by atoms with Gasteiger partial charge < -0.3 is 20.0 Å². The number of hydrogen-bond acceptors (Lipinski definition) is 6. The van der Waals surface area contributed by atoms with Gasteiger partial charge in [0.1, 0.15) is 10.8 Å². The molecule has 0 aromatic carbocycles. The second-order valence-corrected chi connectivity index (χ2v) is 12.8. The van der Waals surface area contributed by atoms with Crippen LogP contribution in [0.4, 0.5) is 5.82 Å². The molecular formula is C29H45N3O4S. The van der Waals surface area contributed by atoms with Crippen molar-refractivity contribution >= 4 is 29.5 Å². The first-order valence-electron chi connectivity index (χ1n) is 14.3. The van der Waals surface area contributed by atoms with Crippen LogP contribution in [-0.2, 0) is 4.79 Å². The summed E-state index contributed by atoms with van der Waals surface area (Å²) in [5.41, 5.74) is 0.0885. The van der Waals surface area contributed by atoms with E-state index in [9.17, 15) is 19.8 Å². The van der Waals surface area contributed by atoms with Gasteiger partial charge in [0.05, 0.1) is 11.2 Å². The van der Waals surface area contributed by atoms with Crippen molar-refractivity contribution in [2.75, 3.05) is 30.8 Å². The Kier molecular flexibility index (Phi) is 9.43. The number of aromatic nitrogens is 1. The number of rotatable bonds is 9. The largest absolute Gasteiger partial charge is 0.481 e. The quantitative estimate of drug-likeness (QED) is 0.409. The molecule has 1 amide bonds. The molecule has 3 fully saturated rings. The highest BCUT2D eigenvalue weighted by Gasteiger charge is 2.45. The fourth-order valence-corrected chi connectivity index (χ4v) is 7.77. The van der Waals surface area contributed by atoms with E-state index in [1.54, 1.807) is 11.8 Å². The van der Waals surface area contributed by atoms with Gasteiger partial charge in [-0.25, -0.2) is 4.98 Å². The fourth-order valence-electron chi connectivity index (χ4n) is 6.91.